The Balaban J connectivity index is 2.42. The van der Waals surface area contributed by atoms with Crippen LogP contribution in [0.5, 0.6) is 0 Å². The summed E-state index contributed by atoms with van der Waals surface area (Å²) in [6, 6.07) is 3.50. The van der Waals surface area contributed by atoms with E-state index in [4.69, 9.17) is 11.6 Å². The van der Waals surface area contributed by atoms with Crippen LogP contribution in [0.15, 0.2) is 35.3 Å². The molecular formula is C16H11ClF3N3O6. The van der Waals surface area contributed by atoms with Crippen LogP contribution >= 0.6 is 11.6 Å². The van der Waals surface area contributed by atoms with E-state index in [0.717, 1.165) is 25.4 Å². The van der Waals surface area contributed by atoms with E-state index in [-0.39, 0.29) is 0 Å². The van der Waals surface area contributed by atoms with Gasteiger partial charge in [0.25, 0.3) is 0 Å². The van der Waals surface area contributed by atoms with Gasteiger partial charge >= 0.3 is 23.4 Å². The van der Waals surface area contributed by atoms with Crippen molar-refractivity contribution in [1.29, 1.82) is 0 Å². The number of amides is 1. The number of hydrogen-bond donors (Lipinski definition) is 1. The van der Waals surface area contributed by atoms with Crippen molar-refractivity contribution in [3.05, 3.63) is 67.1 Å². The van der Waals surface area contributed by atoms with Crippen LogP contribution in [0.4, 0.5) is 24.5 Å². The summed E-state index contributed by atoms with van der Waals surface area (Å²) in [6.07, 6.45) is -4.01. The third-order valence-electron chi connectivity index (χ3n) is 3.58. The first-order chi connectivity index (χ1) is 13.5. The molecule has 0 fully saturated rings. The molecule has 0 unspecified atom stereocenters. The molecular weight excluding hydrogens is 423 g/mol. The number of para-hydroxylation sites is 1. The van der Waals surface area contributed by atoms with Gasteiger partial charge in [-0.25, -0.2) is 4.79 Å². The van der Waals surface area contributed by atoms with Crippen molar-refractivity contribution in [2.45, 2.75) is 12.7 Å². The largest absolute Gasteiger partial charge is 0.465 e. The molecule has 1 aromatic carbocycles. The molecule has 2 aromatic rings. The van der Waals surface area contributed by atoms with Gasteiger partial charge in [-0.1, -0.05) is 17.7 Å². The van der Waals surface area contributed by atoms with Gasteiger partial charge < -0.3 is 10.1 Å². The van der Waals surface area contributed by atoms with Crippen LogP contribution in [-0.2, 0) is 22.3 Å². The average molecular weight is 434 g/mol. The summed E-state index contributed by atoms with van der Waals surface area (Å²) < 4.78 is 44.2. The van der Waals surface area contributed by atoms with Crippen molar-refractivity contribution < 1.29 is 32.4 Å². The second kappa shape index (κ2) is 8.31. The summed E-state index contributed by atoms with van der Waals surface area (Å²) >= 11 is 5.73. The lowest BCUT2D eigenvalue weighted by Gasteiger charge is -2.15. The van der Waals surface area contributed by atoms with Crippen LogP contribution in [0.25, 0.3) is 0 Å². The number of nitro groups is 1. The predicted octanol–water partition coefficient (Wildman–Crippen LogP) is 2.85. The Morgan fingerprint density at radius 3 is 2.55 bits per heavy atom. The Kier molecular flexibility index (Phi) is 6.27. The number of alkyl halides is 3. The fourth-order valence-electron chi connectivity index (χ4n) is 2.32. The molecule has 13 heteroatoms. The van der Waals surface area contributed by atoms with Crippen molar-refractivity contribution in [1.82, 2.24) is 4.57 Å². The molecule has 0 saturated carbocycles. The van der Waals surface area contributed by atoms with Gasteiger partial charge in [0.1, 0.15) is 6.54 Å². The highest BCUT2D eigenvalue weighted by Crippen LogP contribution is 2.38. The lowest BCUT2D eigenvalue weighted by Crippen LogP contribution is -2.30. The molecule has 9 nitrogen and oxygen atoms in total. The number of ether oxygens (including phenoxy) is 1. The monoisotopic (exact) mass is 433 g/mol. The van der Waals surface area contributed by atoms with Crippen LogP contribution in [0.2, 0.25) is 5.02 Å². The zero-order valence-electron chi connectivity index (χ0n) is 14.4. The fraction of sp³-hybridized carbons (Fsp3) is 0.188. The third kappa shape index (κ3) is 4.90. The van der Waals surface area contributed by atoms with E-state index in [1.54, 1.807) is 0 Å². The first-order valence-electron chi connectivity index (χ1n) is 7.58. The maximum atomic E-state index is 13.1. The minimum Gasteiger partial charge on any atom is -0.465 e. The summed E-state index contributed by atoms with van der Waals surface area (Å²) in [4.78, 5) is 45.9. The maximum absolute atomic E-state index is 13.1. The normalized spacial score (nSPS) is 11.1. The zero-order valence-corrected chi connectivity index (χ0v) is 15.2. The molecule has 154 valence electrons. The number of methoxy groups -OCH3 is 1. The Morgan fingerprint density at radius 2 is 2.00 bits per heavy atom. The lowest BCUT2D eigenvalue weighted by atomic mass is 10.1. The Labute approximate surface area is 164 Å². The summed E-state index contributed by atoms with van der Waals surface area (Å²) in [5, 5.41) is 12.5. The number of carbonyl (C=O) groups is 2. The van der Waals surface area contributed by atoms with Gasteiger partial charge in [0.2, 0.25) is 5.91 Å². The maximum Gasteiger partial charge on any atom is 0.418 e. The highest BCUT2D eigenvalue weighted by atomic mass is 35.5. The Morgan fingerprint density at radius 1 is 1.34 bits per heavy atom. The van der Waals surface area contributed by atoms with Crippen molar-refractivity contribution in [2.75, 3.05) is 12.4 Å². The van der Waals surface area contributed by atoms with Crippen molar-refractivity contribution in [3.8, 4) is 0 Å². The number of aromatic nitrogens is 1. The number of carbonyl (C=O) groups excluding carboxylic acids is 2. The summed E-state index contributed by atoms with van der Waals surface area (Å²) in [7, 11) is 0.992. The first-order valence-corrected chi connectivity index (χ1v) is 7.96. The molecule has 0 radical (unpaired) electrons. The highest BCUT2D eigenvalue weighted by Gasteiger charge is 2.35. The van der Waals surface area contributed by atoms with Gasteiger partial charge in [-0.3, -0.25) is 24.3 Å². The second-order valence-electron chi connectivity index (χ2n) is 5.50. The van der Waals surface area contributed by atoms with Crippen LogP contribution in [0.1, 0.15) is 15.9 Å². The van der Waals surface area contributed by atoms with Gasteiger partial charge in [0.15, 0.2) is 0 Å². The smallest absolute Gasteiger partial charge is 0.418 e. The van der Waals surface area contributed by atoms with E-state index in [0.29, 0.717) is 16.7 Å². The standard InChI is InChI=1S/C16H11ClF3N3O6/c1-29-15(26)8-5-11(23(27)28)14(25)22(6-8)7-12(24)21-13-9(16(18,19)20)3-2-4-10(13)17/h2-6H,7H2,1H3,(H,21,24). The molecule has 29 heavy (non-hydrogen) atoms. The number of nitrogens with one attached hydrogen (secondary N) is 1. The van der Waals surface area contributed by atoms with Crippen LogP contribution in [-0.4, -0.2) is 28.5 Å². The number of benzene rings is 1. The molecule has 0 aliphatic heterocycles. The summed E-state index contributed by atoms with van der Waals surface area (Å²) in [5.41, 5.74) is -4.62. The molecule has 1 heterocycles. The molecule has 0 aliphatic carbocycles. The number of rotatable bonds is 5. The molecule has 1 amide bonds. The van der Waals surface area contributed by atoms with Crippen LogP contribution < -0.4 is 10.9 Å². The van der Waals surface area contributed by atoms with Gasteiger partial charge in [-0.05, 0) is 12.1 Å². The van der Waals surface area contributed by atoms with Crippen molar-refractivity contribution >= 4 is 34.9 Å². The minimum absolute atomic E-state index is 0.402. The van der Waals surface area contributed by atoms with Gasteiger partial charge in [0.05, 0.1) is 33.9 Å². The van der Waals surface area contributed by atoms with Gasteiger partial charge in [0, 0.05) is 12.3 Å². The van der Waals surface area contributed by atoms with E-state index in [1.165, 1.54) is 0 Å². The molecule has 1 aromatic heterocycles. The quantitative estimate of drug-likeness (QED) is 0.439. The molecule has 2 rings (SSSR count). The van der Waals surface area contributed by atoms with Crippen molar-refractivity contribution in [3.63, 3.8) is 0 Å². The zero-order chi connectivity index (χ0) is 21.9. The Bertz CT molecular complexity index is 1050. The lowest BCUT2D eigenvalue weighted by molar-refractivity contribution is -0.386. The highest BCUT2D eigenvalue weighted by molar-refractivity contribution is 6.34. The number of anilines is 1. The number of halogens is 4. The SMILES string of the molecule is COC(=O)c1cc([N+](=O)[O-])c(=O)n(CC(=O)Nc2c(Cl)cccc2C(F)(F)F)c1. The minimum atomic E-state index is -4.83. The topological polar surface area (TPSA) is 121 Å². The van der Waals surface area contributed by atoms with E-state index >= 15 is 0 Å². The Hall–Kier alpha value is -3.41. The predicted molar refractivity (Wildman–Crippen MR) is 93.8 cm³/mol. The molecule has 0 bridgehead atoms. The summed E-state index contributed by atoms with van der Waals surface area (Å²) in [5.74, 6) is -2.16. The third-order valence-corrected chi connectivity index (χ3v) is 3.90. The van der Waals surface area contributed by atoms with E-state index in [9.17, 15) is 37.7 Å². The van der Waals surface area contributed by atoms with E-state index in [1.807, 2.05) is 5.32 Å². The molecule has 0 atom stereocenters. The van der Waals surface area contributed by atoms with Crippen molar-refractivity contribution in [2.24, 2.45) is 0 Å². The van der Waals surface area contributed by atoms with E-state index in [2.05, 4.69) is 4.74 Å². The number of esters is 1. The van der Waals surface area contributed by atoms with Crippen LogP contribution in [0.3, 0.4) is 0 Å². The molecule has 0 spiro atoms. The first kappa shape index (κ1) is 21.9. The van der Waals surface area contributed by atoms with Crippen LogP contribution in [0, 0.1) is 10.1 Å². The number of pyridine rings is 1. The molecule has 0 saturated heterocycles. The molecule has 0 aliphatic rings. The average Bonchev–Trinajstić information content (AvgIpc) is 2.63. The number of nitrogens with zero attached hydrogens (tertiary/aromatic N) is 2. The van der Waals surface area contributed by atoms with Gasteiger partial charge in [-0.15, -0.1) is 0 Å². The number of hydrogen-bond acceptors (Lipinski definition) is 6. The summed E-state index contributed by atoms with van der Waals surface area (Å²) in [6.45, 7) is -0.924. The van der Waals surface area contributed by atoms with Gasteiger partial charge in [-0.2, -0.15) is 13.2 Å². The van der Waals surface area contributed by atoms with E-state index < -0.39 is 62.6 Å². The molecule has 1 N–H and O–H groups in total. The fourth-order valence-corrected chi connectivity index (χ4v) is 2.54. The second-order valence-corrected chi connectivity index (χ2v) is 5.91.